The molecule has 0 aliphatic heterocycles. The highest BCUT2D eigenvalue weighted by atomic mass is 16.5. The van der Waals surface area contributed by atoms with E-state index in [2.05, 4.69) is 6.92 Å². The number of methoxy groups -OCH3 is 2. The van der Waals surface area contributed by atoms with Crippen molar-refractivity contribution in [1.82, 2.24) is 0 Å². The third-order valence-electron chi connectivity index (χ3n) is 2.04. The Bertz CT molecular complexity index is 66.0. The van der Waals surface area contributed by atoms with Gasteiger partial charge in [0.05, 0.1) is 0 Å². The SMILES string of the molecule is CCC(CCOC)CCOC. The Labute approximate surface area is 69.9 Å². The van der Waals surface area contributed by atoms with Crippen LogP contribution in [0.4, 0.5) is 0 Å². The van der Waals surface area contributed by atoms with Crippen LogP contribution in [0.15, 0.2) is 0 Å². The summed E-state index contributed by atoms with van der Waals surface area (Å²) < 4.78 is 10.0. The first kappa shape index (κ1) is 10.9. The Balaban J connectivity index is 3.25. The van der Waals surface area contributed by atoms with Crippen molar-refractivity contribution in [2.75, 3.05) is 27.4 Å². The first-order valence-corrected chi connectivity index (χ1v) is 4.33. The molecule has 0 aromatic rings. The second-order valence-corrected chi connectivity index (χ2v) is 2.84. The number of ether oxygens (including phenoxy) is 2. The first-order chi connectivity index (χ1) is 5.35. The van der Waals surface area contributed by atoms with E-state index in [1.54, 1.807) is 14.2 Å². The normalized spacial score (nSPS) is 10.9. The molecular weight excluding hydrogens is 140 g/mol. The summed E-state index contributed by atoms with van der Waals surface area (Å²) in [5.41, 5.74) is 0. The van der Waals surface area contributed by atoms with Crippen LogP contribution < -0.4 is 0 Å². The van der Waals surface area contributed by atoms with Crippen LogP contribution in [0, 0.1) is 5.92 Å². The Kier molecular flexibility index (Phi) is 7.96. The molecule has 0 saturated heterocycles. The minimum Gasteiger partial charge on any atom is -0.385 e. The lowest BCUT2D eigenvalue weighted by Gasteiger charge is -2.12. The van der Waals surface area contributed by atoms with Gasteiger partial charge in [0.15, 0.2) is 0 Å². The predicted octanol–water partition coefficient (Wildman–Crippen LogP) is 2.09. The fourth-order valence-corrected chi connectivity index (χ4v) is 1.12. The van der Waals surface area contributed by atoms with Crippen LogP contribution in [0.3, 0.4) is 0 Å². The van der Waals surface area contributed by atoms with E-state index >= 15 is 0 Å². The Morgan fingerprint density at radius 2 is 1.45 bits per heavy atom. The maximum Gasteiger partial charge on any atom is 0.0464 e. The molecule has 0 heterocycles. The molecule has 2 nitrogen and oxygen atoms in total. The summed E-state index contributed by atoms with van der Waals surface area (Å²) in [5, 5.41) is 0. The van der Waals surface area contributed by atoms with Crippen molar-refractivity contribution in [3.05, 3.63) is 0 Å². The molecule has 0 aliphatic rings. The van der Waals surface area contributed by atoms with Gasteiger partial charge in [0.25, 0.3) is 0 Å². The van der Waals surface area contributed by atoms with Crippen molar-refractivity contribution >= 4 is 0 Å². The third kappa shape index (κ3) is 6.32. The summed E-state index contributed by atoms with van der Waals surface area (Å²) >= 11 is 0. The van der Waals surface area contributed by atoms with Crippen molar-refractivity contribution in [3.8, 4) is 0 Å². The molecular formula is C9H20O2. The smallest absolute Gasteiger partial charge is 0.0464 e. The lowest BCUT2D eigenvalue weighted by atomic mass is 10.00. The average molecular weight is 160 g/mol. The molecule has 2 heteroatoms. The zero-order valence-corrected chi connectivity index (χ0v) is 7.93. The van der Waals surface area contributed by atoms with Crippen molar-refractivity contribution in [3.63, 3.8) is 0 Å². The van der Waals surface area contributed by atoms with E-state index in [0.717, 1.165) is 32.0 Å². The molecule has 0 aromatic heterocycles. The fourth-order valence-electron chi connectivity index (χ4n) is 1.12. The van der Waals surface area contributed by atoms with Crippen molar-refractivity contribution in [1.29, 1.82) is 0 Å². The lowest BCUT2D eigenvalue weighted by molar-refractivity contribution is 0.145. The number of hydrogen-bond acceptors (Lipinski definition) is 2. The minimum atomic E-state index is 0.773. The van der Waals surface area contributed by atoms with Gasteiger partial charge in [-0.25, -0.2) is 0 Å². The van der Waals surface area contributed by atoms with E-state index in [-0.39, 0.29) is 0 Å². The molecule has 0 saturated carbocycles. The van der Waals surface area contributed by atoms with Crippen molar-refractivity contribution in [2.24, 2.45) is 5.92 Å². The largest absolute Gasteiger partial charge is 0.385 e. The molecule has 0 unspecified atom stereocenters. The molecule has 0 bridgehead atoms. The Hall–Kier alpha value is -0.0800. The molecule has 0 fully saturated rings. The molecule has 0 radical (unpaired) electrons. The van der Waals surface area contributed by atoms with Crippen molar-refractivity contribution < 1.29 is 9.47 Å². The van der Waals surface area contributed by atoms with Gasteiger partial charge in [0, 0.05) is 27.4 Å². The second-order valence-electron chi connectivity index (χ2n) is 2.84. The van der Waals surface area contributed by atoms with E-state index in [1.807, 2.05) is 0 Å². The Morgan fingerprint density at radius 3 is 1.73 bits per heavy atom. The molecule has 68 valence electrons. The highest BCUT2D eigenvalue weighted by Crippen LogP contribution is 2.12. The highest BCUT2D eigenvalue weighted by Gasteiger charge is 2.04. The summed E-state index contributed by atoms with van der Waals surface area (Å²) in [6, 6.07) is 0. The Morgan fingerprint density at radius 1 is 1.00 bits per heavy atom. The molecule has 0 amide bonds. The fraction of sp³-hybridized carbons (Fsp3) is 1.00. The molecule has 0 rings (SSSR count). The van der Waals surface area contributed by atoms with Gasteiger partial charge in [-0.3, -0.25) is 0 Å². The highest BCUT2D eigenvalue weighted by molar-refractivity contribution is 4.55. The van der Waals surface area contributed by atoms with Gasteiger partial charge in [0.1, 0.15) is 0 Å². The summed E-state index contributed by atoms with van der Waals surface area (Å²) in [5.74, 6) is 0.773. The van der Waals surface area contributed by atoms with Crippen molar-refractivity contribution in [2.45, 2.75) is 26.2 Å². The zero-order chi connectivity index (χ0) is 8.53. The quantitative estimate of drug-likeness (QED) is 0.567. The maximum absolute atomic E-state index is 5.01. The van der Waals surface area contributed by atoms with Gasteiger partial charge in [0.2, 0.25) is 0 Å². The zero-order valence-electron chi connectivity index (χ0n) is 7.93. The van der Waals surface area contributed by atoms with Gasteiger partial charge < -0.3 is 9.47 Å². The average Bonchev–Trinajstić information content (AvgIpc) is 2.05. The van der Waals surface area contributed by atoms with Gasteiger partial charge >= 0.3 is 0 Å². The molecule has 0 atom stereocenters. The molecule has 0 aliphatic carbocycles. The molecule has 0 aromatic carbocycles. The lowest BCUT2D eigenvalue weighted by Crippen LogP contribution is -2.06. The number of hydrogen-bond donors (Lipinski definition) is 0. The minimum absolute atomic E-state index is 0.773. The van der Waals surface area contributed by atoms with Crippen LogP contribution in [0.25, 0.3) is 0 Å². The molecule has 0 spiro atoms. The van der Waals surface area contributed by atoms with Gasteiger partial charge in [-0.05, 0) is 18.8 Å². The monoisotopic (exact) mass is 160 g/mol. The summed E-state index contributed by atoms with van der Waals surface area (Å²) in [4.78, 5) is 0. The maximum atomic E-state index is 5.01. The van der Waals surface area contributed by atoms with Gasteiger partial charge in [-0.1, -0.05) is 13.3 Å². The van der Waals surface area contributed by atoms with E-state index in [1.165, 1.54) is 6.42 Å². The van der Waals surface area contributed by atoms with Crippen LogP contribution in [-0.4, -0.2) is 27.4 Å². The molecule has 0 N–H and O–H groups in total. The summed E-state index contributed by atoms with van der Waals surface area (Å²) in [6.07, 6.45) is 3.56. The molecule has 11 heavy (non-hydrogen) atoms. The van der Waals surface area contributed by atoms with Crippen LogP contribution >= 0.6 is 0 Å². The summed E-state index contributed by atoms with van der Waals surface area (Å²) in [6.45, 7) is 3.97. The predicted molar refractivity (Wildman–Crippen MR) is 46.8 cm³/mol. The van der Waals surface area contributed by atoms with E-state index in [0.29, 0.717) is 0 Å². The second kappa shape index (κ2) is 8.02. The number of rotatable bonds is 7. The van der Waals surface area contributed by atoms with E-state index < -0.39 is 0 Å². The van der Waals surface area contributed by atoms with Gasteiger partial charge in [-0.2, -0.15) is 0 Å². The summed E-state index contributed by atoms with van der Waals surface area (Å²) in [7, 11) is 3.51. The van der Waals surface area contributed by atoms with E-state index in [9.17, 15) is 0 Å². The van der Waals surface area contributed by atoms with Crippen LogP contribution in [0.2, 0.25) is 0 Å². The van der Waals surface area contributed by atoms with Crippen LogP contribution in [0.1, 0.15) is 26.2 Å². The third-order valence-corrected chi connectivity index (χ3v) is 2.04. The van der Waals surface area contributed by atoms with E-state index in [4.69, 9.17) is 9.47 Å². The van der Waals surface area contributed by atoms with Gasteiger partial charge in [-0.15, -0.1) is 0 Å². The van der Waals surface area contributed by atoms with Crippen LogP contribution in [0.5, 0.6) is 0 Å². The standard InChI is InChI=1S/C9H20O2/c1-4-9(5-7-10-2)6-8-11-3/h9H,4-8H2,1-3H3. The van der Waals surface area contributed by atoms with Crippen LogP contribution in [-0.2, 0) is 9.47 Å². The topological polar surface area (TPSA) is 18.5 Å². The first-order valence-electron chi connectivity index (χ1n) is 4.33.